The van der Waals surface area contributed by atoms with Gasteiger partial charge in [0.15, 0.2) is 6.27 Å². The lowest BCUT2D eigenvalue weighted by atomic mass is 9.97. The zero-order chi connectivity index (χ0) is 12.5. The monoisotopic (exact) mass is 222 g/mol. The Morgan fingerprint density at radius 3 is 2.53 bits per heavy atom. The molecule has 0 aromatic rings. The second-order valence-electron chi connectivity index (χ2n) is 3.34. The molecule has 0 aromatic carbocycles. The van der Waals surface area contributed by atoms with Crippen LogP contribution in [0.1, 0.15) is 8.29 Å². The Morgan fingerprint density at radius 2 is 2.07 bits per heavy atom. The summed E-state index contributed by atoms with van der Waals surface area (Å²) in [5.74, 6) is -0.590. The zero-order valence-electron chi connectivity index (χ0n) is 9.12. The van der Waals surface area contributed by atoms with Gasteiger partial charge < -0.3 is 30.5 Å². The molecule has 1 aliphatic heterocycles. The van der Waals surface area contributed by atoms with Crippen LogP contribution in [0.5, 0.6) is 0 Å². The molecule has 7 heteroatoms. The summed E-state index contributed by atoms with van der Waals surface area (Å²) in [6.07, 6.45) is -6.97. The fourth-order valence-corrected chi connectivity index (χ4v) is 1.37. The van der Waals surface area contributed by atoms with Crippen molar-refractivity contribution < 1.29 is 31.3 Å². The van der Waals surface area contributed by atoms with E-state index in [-0.39, 0.29) is 0 Å². The summed E-state index contributed by atoms with van der Waals surface area (Å²) in [5.41, 5.74) is 0. The van der Waals surface area contributed by atoms with Crippen LogP contribution in [0, 0.1) is 0 Å². The SMILES string of the molecule is [2H][C@@]1(O)O[C@H](CO)[C@@H](O)[C@H](O)[C@H]1NC(C)=O. The first kappa shape index (κ1) is 10.8. The number of carbonyl (C=O) groups excluding carboxylic acids is 1. The van der Waals surface area contributed by atoms with Crippen LogP contribution >= 0.6 is 0 Å². The third kappa shape index (κ3) is 2.64. The lowest BCUT2D eigenvalue weighted by Crippen LogP contribution is -2.63. The topological polar surface area (TPSA) is 119 Å². The number of ether oxygens (including phenoxy) is 1. The van der Waals surface area contributed by atoms with Gasteiger partial charge in [-0.15, -0.1) is 0 Å². The summed E-state index contributed by atoms with van der Waals surface area (Å²) >= 11 is 0. The highest BCUT2D eigenvalue weighted by atomic mass is 16.6. The molecule has 0 spiro atoms. The number of aliphatic hydroxyl groups excluding tert-OH is 3. The number of aliphatic hydroxyl groups is 4. The molecule has 0 bridgehead atoms. The minimum Gasteiger partial charge on any atom is -0.394 e. The highest BCUT2D eigenvalue weighted by molar-refractivity contribution is 5.73. The summed E-state index contributed by atoms with van der Waals surface area (Å²) in [5, 5.41) is 39.5. The minimum atomic E-state index is -2.60. The maximum absolute atomic E-state index is 10.8. The smallest absolute Gasteiger partial charge is 0.217 e. The normalized spacial score (nSPS) is 47.1. The van der Waals surface area contributed by atoms with E-state index in [9.17, 15) is 20.1 Å². The molecule has 1 amide bonds. The van der Waals surface area contributed by atoms with Gasteiger partial charge in [0.2, 0.25) is 5.91 Å². The van der Waals surface area contributed by atoms with Gasteiger partial charge in [-0.25, -0.2) is 0 Å². The molecule has 0 aromatic heterocycles. The summed E-state index contributed by atoms with van der Waals surface area (Å²) in [6.45, 7) is 0.472. The van der Waals surface area contributed by atoms with Crippen molar-refractivity contribution in [1.82, 2.24) is 5.32 Å². The maximum atomic E-state index is 10.8. The number of hydrogen-bond donors (Lipinski definition) is 5. The number of carbonyl (C=O) groups is 1. The van der Waals surface area contributed by atoms with Crippen molar-refractivity contribution in [3.05, 3.63) is 0 Å². The van der Waals surface area contributed by atoms with Crippen molar-refractivity contribution in [3.63, 3.8) is 0 Å². The van der Waals surface area contributed by atoms with Crippen LogP contribution in [-0.4, -0.2) is 63.6 Å². The van der Waals surface area contributed by atoms with Crippen molar-refractivity contribution in [2.45, 2.75) is 37.5 Å². The summed E-state index contributed by atoms with van der Waals surface area (Å²) in [4.78, 5) is 10.8. The summed E-state index contributed by atoms with van der Waals surface area (Å²) < 4.78 is 12.0. The Kier molecular flexibility index (Phi) is 3.49. The third-order valence-corrected chi connectivity index (χ3v) is 2.15. The van der Waals surface area contributed by atoms with Crippen LogP contribution in [0.15, 0.2) is 0 Å². The van der Waals surface area contributed by atoms with E-state index in [1.807, 2.05) is 0 Å². The standard InChI is InChI=1S/C8H15NO6/c1-3(11)9-5-7(13)6(12)4(2-10)15-8(5)14/h4-8,10,12-14H,2H2,1H3,(H,9,11)/t4-,5-,6-,7-,8-/m1/s1/i8D. The molecule has 1 aliphatic rings. The maximum Gasteiger partial charge on any atom is 0.217 e. The van der Waals surface area contributed by atoms with Gasteiger partial charge in [-0.05, 0) is 0 Å². The van der Waals surface area contributed by atoms with Gasteiger partial charge in [0, 0.05) is 6.92 Å². The van der Waals surface area contributed by atoms with Crippen LogP contribution in [-0.2, 0) is 9.53 Å². The molecule has 5 N–H and O–H groups in total. The molecule has 0 aliphatic carbocycles. The Bertz CT molecular complexity index is 273. The number of hydrogen-bond acceptors (Lipinski definition) is 6. The highest BCUT2D eigenvalue weighted by Crippen LogP contribution is 2.19. The molecule has 88 valence electrons. The van der Waals surface area contributed by atoms with Gasteiger partial charge in [0.25, 0.3) is 0 Å². The molecule has 7 nitrogen and oxygen atoms in total. The van der Waals surface area contributed by atoms with Crippen molar-refractivity contribution >= 4 is 5.91 Å². The van der Waals surface area contributed by atoms with Crippen LogP contribution in [0.3, 0.4) is 0 Å². The van der Waals surface area contributed by atoms with Crippen molar-refractivity contribution in [3.8, 4) is 0 Å². The van der Waals surface area contributed by atoms with Crippen LogP contribution in [0.2, 0.25) is 0 Å². The first-order valence-corrected chi connectivity index (χ1v) is 4.44. The fourth-order valence-electron chi connectivity index (χ4n) is 1.37. The Labute approximate surface area is 87.7 Å². The first-order chi connectivity index (χ1) is 7.29. The molecule has 1 rings (SSSR count). The zero-order valence-corrected chi connectivity index (χ0v) is 8.12. The van der Waals surface area contributed by atoms with Crippen molar-refractivity contribution in [2.24, 2.45) is 0 Å². The second kappa shape index (κ2) is 4.86. The van der Waals surface area contributed by atoms with E-state index in [1.165, 1.54) is 0 Å². The lowest BCUT2D eigenvalue weighted by Gasteiger charge is -2.40. The predicted molar refractivity (Wildman–Crippen MR) is 47.6 cm³/mol. The molecular weight excluding hydrogens is 206 g/mol. The molecule has 1 saturated heterocycles. The lowest BCUT2D eigenvalue weighted by molar-refractivity contribution is -0.253. The molecular formula is C8H15NO6. The fraction of sp³-hybridized carbons (Fsp3) is 0.875. The van der Waals surface area contributed by atoms with E-state index < -0.39 is 43.1 Å². The van der Waals surface area contributed by atoms with E-state index in [1.54, 1.807) is 0 Å². The molecule has 1 heterocycles. The summed E-state index contributed by atoms with van der Waals surface area (Å²) in [6, 6.07) is -1.48. The van der Waals surface area contributed by atoms with Gasteiger partial charge >= 0.3 is 0 Å². The van der Waals surface area contributed by atoms with E-state index in [2.05, 4.69) is 10.1 Å². The Morgan fingerprint density at radius 1 is 1.47 bits per heavy atom. The van der Waals surface area contributed by atoms with Crippen molar-refractivity contribution in [2.75, 3.05) is 6.61 Å². The molecule has 15 heavy (non-hydrogen) atoms. The van der Waals surface area contributed by atoms with E-state index in [0.717, 1.165) is 6.92 Å². The highest BCUT2D eigenvalue weighted by Gasteiger charge is 2.43. The van der Waals surface area contributed by atoms with Crippen LogP contribution in [0.25, 0.3) is 0 Å². The Balaban J connectivity index is 2.87. The molecule has 0 saturated carbocycles. The van der Waals surface area contributed by atoms with Gasteiger partial charge in [0.05, 0.1) is 7.98 Å². The van der Waals surface area contributed by atoms with Gasteiger partial charge in [-0.2, -0.15) is 0 Å². The van der Waals surface area contributed by atoms with Gasteiger partial charge in [0.1, 0.15) is 24.4 Å². The Hall–Kier alpha value is -0.730. The molecule has 5 atom stereocenters. The minimum absolute atomic E-state index is 0.590. The van der Waals surface area contributed by atoms with E-state index >= 15 is 0 Å². The van der Waals surface area contributed by atoms with Crippen LogP contribution < -0.4 is 5.32 Å². The number of rotatable bonds is 2. The largest absolute Gasteiger partial charge is 0.394 e. The van der Waals surface area contributed by atoms with Crippen molar-refractivity contribution in [1.29, 1.82) is 0 Å². The van der Waals surface area contributed by atoms with E-state index in [0.29, 0.717) is 0 Å². The average Bonchev–Trinajstić information content (AvgIpc) is 2.18. The quantitative estimate of drug-likeness (QED) is 0.338. The number of nitrogens with one attached hydrogen (secondary N) is 1. The van der Waals surface area contributed by atoms with E-state index in [4.69, 9.17) is 6.48 Å². The van der Waals surface area contributed by atoms with Gasteiger partial charge in [-0.3, -0.25) is 4.79 Å². The van der Waals surface area contributed by atoms with Gasteiger partial charge in [-0.1, -0.05) is 0 Å². The first-order valence-electron chi connectivity index (χ1n) is 4.94. The van der Waals surface area contributed by atoms with Crippen LogP contribution in [0.4, 0.5) is 0 Å². The molecule has 0 radical (unpaired) electrons. The molecule has 1 fully saturated rings. The average molecular weight is 222 g/mol. The predicted octanol–water partition coefficient (Wildman–Crippen LogP) is -3.08. The molecule has 0 unspecified atom stereocenters. The number of amides is 1. The summed E-state index contributed by atoms with van der Waals surface area (Å²) in [7, 11) is 0. The second-order valence-corrected chi connectivity index (χ2v) is 3.34. The third-order valence-electron chi connectivity index (χ3n) is 2.15.